The number of rotatable bonds is 6. The molecule has 3 rings (SSSR count). The summed E-state index contributed by atoms with van der Waals surface area (Å²) in [6, 6.07) is 20.9. The van der Waals surface area contributed by atoms with Crippen LogP contribution in [0.2, 0.25) is 0 Å². The molecule has 0 fully saturated rings. The Balaban J connectivity index is 1.68. The van der Waals surface area contributed by atoms with Crippen molar-refractivity contribution in [3.8, 4) is 11.8 Å². The highest BCUT2D eigenvalue weighted by atomic mass is 19.1. The standard InChI is InChI=1S/C25H21FN2O2/c1-17-6-5-9-24(18(17)2)28-25(29)21(15-27)14-19-10-12-22(13-11-19)30-16-20-7-3-4-8-23(20)26/h3-14H,16H2,1-2H3,(H,28,29)/b21-14+. The highest BCUT2D eigenvalue weighted by molar-refractivity contribution is 6.10. The Morgan fingerprint density at radius 2 is 1.80 bits per heavy atom. The Hall–Kier alpha value is -3.91. The SMILES string of the molecule is Cc1cccc(NC(=O)/C(C#N)=C/c2ccc(OCc3ccccc3F)cc2)c1C. The second-order valence-corrected chi connectivity index (χ2v) is 6.82. The zero-order valence-corrected chi connectivity index (χ0v) is 16.8. The molecule has 0 aliphatic heterocycles. The molecular formula is C25H21FN2O2. The lowest BCUT2D eigenvalue weighted by atomic mass is 10.1. The highest BCUT2D eigenvalue weighted by Gasteiger charge is 2.11. The fourth-order valence-electron chi connectivity index (χ4n) is 2.83. The van der Waals surface area contributed by atoms with E-state index in [1.807, 2.05) is 32.0 Å². The Morgan fingerprint density at radius 1 is 1.07 bits per heavy atom. The molecule has 3 aromatic rings. The summed E-state index contributed by atoms with van der Waals surface area (Å²) in [5, 5.41) is 12.2. The maximum absolute atomic E-state index is 13.7. The first kappa shape index (κ1) is 20.8. The number of amides is 1. The van der Waals surface area contributed by atoms with Crippen molar-refractivity contribution in [1.29, 1.82) is 5.26 Å². The summed E-state index contributed by atoms with van der Waals surface area (Å²) >= 11 is 0. The van der Waals surface area contributed by atoms with E-state index < -0.39 is 5.91 Å². The number of aryl methyl sites for hydroxylation is 1. The van der Waals surface area contributed by atoms with Crippen molar-refractivity contribution in [1.82, 2.24) is 0 Å². The fraction of sp³-hybridized carbons (Fsp3) is 0.120. The molecule has 1 amide bonds. The molecule has 0 aromatic heterocycles. The van der Waals surface area contributed by atoms with E-state index in [1.54, 1.807) is 48.5 Å². The van der Waals surface area contributed by atoms with E-state index in [1.165, 1.54) is 12.1 Å². The summed E-state index contributed by atoms with van der Waals surface area (Å²) in [7, 11) is 0. The first-order valence-electron chi connectivity index (χ1n) is 9.43. The van der Waals surface area contributed by atoms with Crippen molar-refractivity contribution in [3.05, 3.63) is 100 Å². The van der Waals surface area contributed by atoms with Crippen LogP contribution in [0.15, 0.2) is 72.3 Å². The average Bonchev–Trinajstić information content (AvgIpc) is 2.75. The van der Waals surface area contributed by atoms with Gasteiger partial charge in [-0.2, -0.15) is 5.26 Å². The summed E-state index contributed by atoms with van der Waals surface area (Å²) in [6.45, 7) is 3.99. The van der Waals surface area contributed by atoms with Gasteiger partial charge in [0.15, 0.2) is 0 Å². The maximum atomic E-state index is 13.7. The van der Waals surface area contributed by atoms with E-state index in [4.69, 9.17) is 4.74 Å². The second kappa shape index (κ2) is 9.53. The summed E-state index contributed by atoms with van der Waals surface area (Å²) in [4.78, 5) is 12.5. The zero-order valence-electron chi connectivity index (χ0n) is 16.8. The van der Waals surface area contributed by atoms with E-state index in [9.17, 15) is 14.4 Å². The van der Waals surface area contributed by atoms with Crippen LogP contribution in [0.5, 0.6) is 5.75 Å². The van der Waals surface area contributed by atoms with Gasteiger partial charge in [-0.15, -0.1) is 0 Å². The maximum Gasteiger partial charge on any atom is 0.266 e. The molecule has 0 atom stereocenters. The number of nitrogens with one attached hydrogen (secondary N) is 1. The van der Waals surface area contributed by atoms with E-state index in [0.717, 1.165) is 11.1 Å². The number of anilines is 1. The van der Waals surface area contributed by atoms with Gasteiger partial charge in [0.25, 0.3) is 5.91 Å². The smallest absolute Gasteiger partial charge is 0.266 e. The molecule has 0 aliphatic carbocycles. The Kier molecular flexibility index (Phi) is 6.61. The van der Waals surface area contributed by atoms with Gasteiger partial charge in [0.05, 0.1) is 0 Å². The molecule has 0 heterocycles. The highest BCUT2D eigenvalue weighted by Crippen LogP contribution is 2.20. The normalized spacial score (nSPS) is 10.9. The molecule has 0 saturated carbocycles. The van der Waals surface area contributed by atoms with Gasteiger partial charge in [-0.25, -0.2) is 4.39 Å². The van der Waals surface area contributed by atoms with E-state index >= 15 is 0 Å². The molecule has 0 aliphatic rings. The predicted molar refractivity (Wildman–Crippen MR) is 115 cm³/mol. The minimum atomic E-state index is -0.467. The van der Waals surface area contributed by atoms with Crippen LogP contribution in [0.4, 0.5) is 10.1 Å². The molecule has 30 heavy (non-hydrogen) atoms. The topological polar surface area (TPSA) is 62.1 Å². The number of halogens is 1. The zero-order chi connectivity index (χ0) is 21.5. The van der Waals surface area contributed by atoms with Crippen LogP contribution in [-0.2, 0) is 11.4 Å². The van der Waals surface area contributed by atoms with Crippen LogP contribution < -0.4 is 10.1 Å². The van der Waals surface area contributed by atoms with Crippen LogP contribution in [0.3, 0.4) is 0 Å². The Bertz CT molecular complexity index is 1130. The fourth-order valence-corrected chi connectivity index (χ4v) is 2.83. The lowest BCUT2D eigenvalue weighted by molar-refractivity contribution is -0.112. The van der Waals surface area contributed by atoms with Gasteiger partial charge >= 0.3 is 0 Å². The van der Waals surface area contributed by atoms with Gasteiger partial charge < -0.3 is 10.1 Å². The van der Waals surface area contributed by atoms with Crippen molar-refractivity contribution in [2.24, 2.45) is 0 Å². The molecule has 0 spiro atoms. The summed E-state index contributed by atoms with van der Waals surface area (Å²) in [6.07, 6.45) is 1.51. The molecule has 0 saturated heterocycles. The summed E-state index contributed by atoms with van der Waals surface area (Å²) in [5.41, 5.74) is 3.84. The third-order valence-electron chi connectivity index (χ3n) is 4.76. The quantitative estimate of drug-likeness (QED) is 0.435. The molecule has 0 bridgehead atoms. The summed E-state index contributed by atoms with van der Waals surface area (Å²) in [5.74, 6) is -0.217. The van der Waals surface area contributed by atoms with E-state index in [0.29, 0.717) is 22.6 Å². The van der Waals surface area contributed by atoms with Crippen LogP contribution >= 0.6 is 0 Å². The summed E-state index contributed by atoms with van der Waals surface area (Å²) < 4.78 is 19.3. The van der Waals surface area contributed by atoms with Crippen LogP contribution in [-0.4, -0.2) is 5.91 Å². The molecule has 150 valence electrons. The van der Waals surface area contributed by atoms with Gasteiger partial charge in [0, 0.05) is 11.3 Å². The molecule has 1 N–H and O–H groups in total. The number of benzene rings is 3. The monoisotopic (exact) mass is 400 g/mol. The third kappa shape index (κ3) is 5.12. The number of carbonyl (C=O) groups is 1. The lowest BCUT2D eigenvalue weighted by Crippen LogP contribution is -2.14. The van der Waals surface area contributed by atoms with E-state index in [-0.39, 0.29) is 18.0 Å². The first-order valence-corrected chi connectivity index (χ1v) is 9.43. The molecule has 0 unspecified atom stereocenters. The molecule has 0 radical (unpaired) electrons. The van der Waals surface area contributed by atoms with Crippen LogP contribution in [0.25, 0.3) is 6.08 Å². The van der Waals surface area contributed by atoms with Gasteiger partial charge in [0.1, 0.15) is 29.8 Å². The van der Waals surface area contributed by atoms with Crippen molar-refractivity contribution in [3.63, 3.8) is 0 Å². The predicted octanol–water partition coefficient (Wildman–Crippen LogP) is 5.57. The number of carbonyl (C=O) groups excluding carboxylic acids is 1. The average molecular weight is 400 g/mol. The van der Waals surface area contributed by atoms with Crippen molar-refractivity contribution in [2.75, 3.05) is 5.32 Å². The minimum absolute atomic E-state index is 0.00377. The largest absolute Gasteiger partial charge is 0.489 e. The van der Waals surface area contributed by atoms with Gasteiger partial charge in [-0.05, 0) is 60.9 Å². The van der Waals surface area contributed by atoms with Crippen LogP contribution in [0.1, 0.15) is 22.3 Å². The van der Waals surface area contributed by atoms with Crippen molar-refractivity contribution < 1.29 is 13.9 Å². The molecular weight excluding hydrogens is 379 g/mol. The molecule has 4 nitrogen and oxygen atoms in total. The van der Waals surface area contributed by atoms with Crippen molar-refractivity contribution in [2.45, 2.75) is 20.5 Å². The third-order valence-corrected chi connectivity index (χ3v) is 4.76. The van der Waals surface area contributed by atoms with Crippen molar-refractivity contribution >= 4 is 17.7 Å². The number of ether oxygens (including phenoxy) is 1. The minimum Gasteiger partial charge on any atom is -0.489 e. The number of hydrogen-bond acceptors (Lipinski definition) is 3. The number of hydrogen-bond donors (Lipinski definition) is 1. The van der Waals surface area contributed by atoms with Gasteiger partial charge in [-0.1, -0.05) is 42.5 Å². The molecule has 3 aromatic carbocycles. The number of nitriles is 1. The van der Waals surface area contributed by atoms with E-state index in [2.05, 4.69) is 5.32 Å². The molecule has 5 heteroatoms. The van der Waals surface area contributed by atoms with Crippen LogP contribution in [0, 0.1) is 31.0 Å². The first-order chi connectivity index (χ1) is 14.5. The second-order valence-electron chi connectivity index (χ2n) is 6.82. The lowest BCUT2D eigenvalue weighted by Gasteiger charge is -2.10. The Morgan fingerprint density at radius 3 is 2.50 bits per heavy atom. The van der Waals surface area contributed by atoms with Gasteiger partial charge in [0.2, 0.25) is 0 Å². The Labute approximate surface area is 175 Å². The van der Waals surface area contributed by atoms with Gasteiger partial charge in [-0.3, -0.25) is 4.79 Å². The number of nitrogens with zero attached hydrogens (tertiary/aromatic N) is 1.